The van der Waals surface area contributed by atoms with E-state index in [1.54, 1.807) is 24.3 Å². The number of nitrogen functional groups attached to an aromatic ring is 1. The van der Waals surface area contributed by atoms with Crippen molar-refractivity contribution in [3.63, 3.8) is 0 Å². The zero-order valence-electron chi connectivity index (χ0n) is 8.36. The molecule has 0 fully saturated rings. The highest BCUT2D eigenvalue weighted by atomic mass is 19.3. The molecule has 5 heteroatoms. The summed E-state index contributed by atoms with van der Waals surface area (Å²) < 4.78 is 28.9. The molecule has 84 valence electrons. The molecule has 0 saturated heterocycles. The van der Waals surface area contributed by atoms with E-state index in [9.17, 15) is 8.78 Å². The average molecular weight is 224 g/mol. The third kappa shape index (κ3) is 2.18. The van der Waals surface area contributed by atoms with E-state index in [-0.39, 0.29) is 12.3 Å². The maximum Gasteiger partial charge on any atom is 0.242 e. The van der Waals surface area contributed by atoms with Crippen LogP contribution in [0.2, 0.25) is 0 Å². The first-order valence-corrected chi connectivity index (χ1v) is 4.74. The Morgan fingerprint density at radius 1 is 1.25 bits per heavy atom. The largest absolute Gasteiger partial charge is 0.367 e. The van der Waals surface area contributed by atoms with Gasteiger partial charge in [-0.25, -0.2) is 8.78 Å². The minimum absolute atomic E-state index is 0.224. The smallest absolute Gasteiger partial charge is 0.242 e. The number of halogens is 2. The number of benzene rings is 1. The molecular weight excluding hydrogens is 214 g/mol. The highest BCUT2D eigenvalue weighted by Crippen LogP contribution is 2.25. The van der Waals surface area contributed by atoms with Crippen molar-refractivity contribution < 1.29 is 13.3 Å². The van der Waals surface area contributed by atoms with Gasteiger partial charge in [-0.2, -0.15) is 0 Å². The van der Waals surface area contributed by atoms with E-state index in [0.717, 1.165) is 5.56 Å². The lowest BCUT2D eigenvalue weighted by Gasteiger charge is -2.02. The van der Waals surface area contributed by atoms with Crippen LogP contribution in [0.5, 0.6) is 0 Å². The molecule has 0 spiro atoms. The van der Waals surface area contributed by atoms with Gasteiger partial charge in [0.25, 0.3) is 0 Å². The molecule has 2 aromatic rings. The molecule has 0 radical (unpaired) electrons. The summed E-state index contributed by atoms with van der Waals surface area (Å²) in [6.45, 7) is 0. The number of nitrogens with two attached hydrogens (primary N) is 1. The maximum absolute atomic E-state index is 12.1. The minimum Gasteiger partial charge on any atom is -0.367 e. The summed E-state index contributed by atoms with van der Waals surface area (Å²) in [5.74, 6) is 0.224. The second-order valence-corrected chi connectivity index (χ2v) is 3.40. The van der Waals surface area contributed by atoms with Gasteiger partial charge in [-0.1, -0.05) is 29.4 Å². The molecule has 0 bridgehead atoms. The predicted molar refractivity (Wildman–Crippen MR) is 56.1 cm³/mol. The SMILES string of the molecule is Nc1oncc1-c1ccc(CC(F)F)cc1. The van der Waals surface area contributed by atoms with E-state index in [1.807, 2.05) is 0 Å². The summed E-state index contributed by atoms with van der Waals surface area (Å²) in [5, 5.41) is 3.55. The van der Waals surface area contributed by atoms with Crippen molar-refractivity contribution in [2.45, 2.75) is 12.8 Å². The lowest BCUT2D eigenvalue weighted by atomic mass is 10.1. The van der Waals surface area contributed by atoms with E-state index in [0.29, 0.717) is 11.1 Å². The Morgan fingerprint density at radius 2 is 1.94 bits per heavy atom. The Kier molecular flexibility index (Phi) is 2.85. The van der Waals surface area contributed by atoms with Crippen LogP contribution >= 0.6 is 0 Å². The molecule has 0 aliphatic heterocycles. The monoisotopic (exact) mass is 224 g/mol. The second kappa shape index (κ2) is 4.30. The predicted octanol–water partition coefficient (Wildman–Crippen LogP) is 2.73. The van der Waals surface area contributed by atoms with Gasteiger partial charge in [0.2, 0.25) is 12.3 Å². The molecule has 3 nitrogen and oxygen atoms in total. The van der Waals surface area contributed by atoms with Crippen LogP contribution in [0.3, 0.4) is 0 Å². The van der Waals surface area contributed by atoms with Crippen molar-refractivity contribution in [2.75, 3.05) is 5.73 Å². The van der Waals surface area contributed by atoms with Crippen LogP contribution in [0.4, 0.5) is 14.7 Å². The van der Waals surface area contributed by atoms with Gasteiger partial charge < -0.3 is 10.3 Å². The van der Waals surface area contributed by atoms with Gasteiger partial charge in [-0.05, 0) is 11.1 Å². The van der Waals surface area contributed by atoms with E-state index in [1.165, 1.54) is 6.20 Å². The molecule has 0 atom stereocenters. The number of alkyl halides is 2. The van der Waals surface area contributed by atoms with Crippen molar-refractivity contribution in [1.29, 1.82) is 0 Å². The van der Waals surface area contributed by atoms with E-state index in [4.69, 9.17) is 10.3 Å². The summed E-state index contributed by atoms with van der Waals surface area (Å²) >= 11 is 0. The Bertz CT molecular complexity index is 465. The van der Waals surface area contributed by atoms with Gasteiger partial charge in [-0.3, -0.25) is 0 Å². The summed E-state index contributed by atoms with van der Waals surface area (Å²) in [5.41, 5.74) is 7.61. The van der Waals surface area contributed by atoms with E-state index < -0.39 is 6.43 Å². The number of nitrogens with zero attached hydrogens (tertiary/aromatic N) is 1. The Hall–Kier alpha value is -1.91. The number of hydrogen-bond donors (Lipinski definition) is 1. The number of hydrogen-bond acceptors (Lipinski definition) is 3. The highest BCUT2D eigenvalue weighted by Gasteiger charge is 2.08. The fourth-order valence-electron chi connectivity index (χ4n) is 1.46. The molecule has 0 saturated carbocycles. The lowest BCUT2D eigenvalue weighted by Crippen LogP contribution is -1.96. The molecule has 2 N–H and O–H groups in total. The quantitative estimate of drug-likeness (QED) is 0.872. The fraction of sp³-hybridized carbons (Fsp3) is 0.182. The van der Waals surface area contributed by atoms with Gasteiger partial charge >= 0.3 is 0 Å². The standard InChI is InChI=1S/C11H10F2N2O/c12-10(13)5-7-1-3-8(4-2-7)9-6-15-16-11(9)14/h1-4,6,10H,5,14H2. The molecule has 0 amide bonds. The van der Waals surface area contributed by atoms with Crippen LogP contribution in [0, 0.1) is 0 Å². The van der Waals surface area contributed by atoms with Crippen LogP contribution in [0.1, 0.15) is 5.56 Å². The van der Waals surface area contributed by atoms with E-state index in [2.05, 4.69) is 5.16 Å². The van der Waals surface area contributed by atoms with Gasteiger partial charge in [0.05, 0.1) is 11.8 Å². The summed E-state index contributed by atoms with van der Waals surface area (Å²) in [4.78, 5) is 0. The highest BCUT2D eigenvalue weighted by molar-refractivity contribution is 5.71. The normalized spacial score (nSPS) is 10.9. The third-order valence-electron chi connectivity index (χ3n) is 2.25. The first kappa shape index (κ1) is 10.6. The van der Waals surface area contributed by atoms with Crippen molar-refractivity contribution >= 4 is 5.88 Å². The maximum atomic E-state index is 12.1. The summed E-state index contributed by atoms with van der Waals surface area (Å²) in [6, 6.07) is 6.74. The Labute approximate surface area is 90.9 Å². The van der Waals surface area contributed by atoms with Crippen molar-refractivity contribution in [2.24, 2.45) is 0 Å². The molecule has 0 aliphatic rings. The first-order chi connectivity index (χ1) is 7.66. The van der Waals surface area contributed by atoms with Crippen molar-refractivity contribution in [3.8, 4) is 11.1 Å². The van der Waals surface area contributed by atoms with Crippen LogP contribution in [0.15, 0.2) is 35.0 Å². The zero-order chi connectivity index (χ0) is 11.5. The number of aromatic nitrogens is 1. The average Bonchev–Trinajstić information content (AvgIpc) is 2.65. The van der Waals surface area contributed by atoms with Gasteiger partial charge in [-0.15, -0.1) is 0 Å². The van der Waals surface area contributed by atoms with Crippen LogP contribution in [0.25, 0.3) is 11.1 Å². The molecule has 1 aromatic carbocycles. The topological polar surface area (TPSA) is 52.0 Å². The molecule has 1 heterocycles. The van der Waals surface area contributed by atoms with Crippen molar-refractivity contribution in [3.05, 3.63) is 36.0 Å². The van der Waals surface area contributed by atoms with Crippen LogP contribution in [-0.2, 0) is 6.42 Å². The molecule has 16 heavy (non-hydrogen) atoms. The van der Waals surface area contributed by atoms with Crippen LogP contribution < -0.4 is 5.73 Å². The Balaban J connectivity index is 2.23. The summed E-state index contributed by atoms with van der Waals surface area (Å²) in [7, 11) is 0. The fourth-order valence-corrected chi connectivity index (χ4v) is 1.46. The van der Waals surface area contributed by atoms with Gasteiger partial charge in [0.15, 0.2) is 0 Å². The zero-order valence-corrected chi connectivity index (χ0v) is 8.36. The lowest BCUT2D eigenvalue weighted by molar-refractivity contribution is 0.149. The van der Waals surface area contributed by atoms with Crippen LogP contribution in [-0.4, -0.2) is 11.6 Å². The van der Waals surface area contributed by atoms with E-state index >= 15 is 0 Å². The van der Waals surface area contributed by atoms with Crippen molar-refractivity contribution in [1.82, 2.24) is 5.16 Å². The summed E-state index contributed by atoms with van der Waals surface area (Å²) in [6.07, 6.45) is -1.07. The molecule has 1 aromatic heterocycles. The molecule has 0 aliphatic carbocycles. The Morgan fingerprint density at radius 3 is 2.44 bits per heavy atom. The van der Waals surface area contributed by atoms with Gasteiger partial charge in [0, 0.05) is 6.42 Å². The second-order valence-electron chi connectivity index (χ2n) is 3.40. The van der Waals surface area contributed by atoms with Gasteiger partial charge in [0.1, 0.15) is 0 Å². The minimum atomic E-state index is -2.33. The molecular formula is C11H10F2N2O. The third-order valence-corrected chi connectivity index (χ3v) is 2.25. The first-order valence-electron chi connectivity index (χ1n) is 4.74. The number of anilines is 1. The molecule has 0 unspecified atom stereocenters. The molecule has 2 rings (SSSR count). The number of rotatable bonds is 3.